The summed E-state index contributed by atoms with van der Waals surface area (Å²) in [6.45, 7) is 16.4. The van der Waals surface area contributed by atoms with Crippen molar-refractivity contribution < 1.29 is 32.2 Å². The smallest absolute Gasteiger partial charge is 0.416 e. The molecule has 47 heavy (non-hydrogen) atoms. The van der Waals surface area contributed by atoms with E-state index in [0.717, 1.165) is 65.6 Å². The third-order valence-corrected chi connectivity index (χ3v) is 9.33. The molecule has 0 unspecified atom stereocenters. The van der Waals surface area contributed by atoms with E-state index in [2.05, 4.69) is 24.8 Å². The predicted octanol–water partition coefficient (Wildman–Crippen LogP) is 8.65. The number of halogens is 4. The number of carboxylic acids is 1. The summed E-state index contributed by atoms with van der Waals surface area (Å²) in [5, 5.41) is 10.5. The van der Waals surface area contributed by atoms with Crippen LogP contribution in [0.4, 0.5) is 23.2 Å². The molecular formula is C37H45F4N3O3. The Kier molecular flexibility index (Phi) is 9.51. The van der Waals surface area contributed by atoms with Crippen LogP contribution in [0.1, 0.15) is 92.8 Å². The minimum atomic E-state index is -4.64. The predicted molar refractivity (Wildman–Crippen MR) is 175 cm³/mol. The van der Waals surface area contributed by atoms with Crippen LogP contribution in [0.3, 0.4) is 0 Å². The Balaban J connectivity index is 1.55. The maximum atomic E-state index is 13.7. The Labute approximate surface area is 274 Å². The number of carbonyl (C=O) groups is 1. The molecule has 3 heterocycles. The molecule has 2 aliphatic rings. The number of fused-ring (bicyclic) bond motifs is 1. The molecule has 2 aliphatic heterocycles. The molecule has 1 N–H and O–H groups in total. The fourth-order valence-corrected chi connectivity index (χ4v) is 6.85. The van der Waals surface area contributed by atoms with E-state index in [0.29, 0.717) is 36.8 Å². The van der Waals surface area contributed by atoms with Crippen molar-refractivity contribution in [2.45, 2.75) is 98.7 Å². The van der Waals surface area contributed by atoms with Gasteiger partial charge in [-0.1, -0.05) is 38.1 Å². The van der Waals surface area contributed by atoms with Crippen LogP contribution in [0, 0.1) is 25.1 Å². The van der Waals surface area contributed by atoms with Gasteiger partial charge in [0.2, 0.25) is 0 Å². The van der Waals surface area contributed by atoms with E-state index in [-0.39, 0.29) is 17.5 Å². The highest BCUT2D eigenvalue weighted by Gasteiger charge is 2.37. The van der Waals surface area contributed by atoms with Crippen molar-refractivity contribution in [3.05, 3.63) is 81.4 Å². The molecule has 0 bridgehead atoms. The van der Waals surface area contributed by atoms with Crippen LogP contribution in [0.15, 0.2) is 36.4 Å². The van der Waals surface area contributed by atoms with Crippen molar-refractivity contribution in [1.82, 2.24) is 9.88 Å². The monoisotopic (exact) mass is 655 g/mol. The molecule has 0 spiro atoms. The number of hydrogen-bond acceptors (Lipinski definition) is 5. The summed E-state index contributed by atoms with van der Waals surface area (Å²) in [4.78, 5) is 21.9. The van der Waals surface area contributed by atoms with Crippen LogP contribution in [0.25, 0.3) is 11.1 Å². The first-order valence-corrected chi connectivity index (χ1v) is 16.2. The first kappa shape index (κ1) is 34.8. The van der Waals surface area contributed by atoms with Gasteiger partial charge in [-0.25, -0.2) is 9.18 Å². The third kappa shape index (κ3) is 7.81. The lowest BCUT2D eigenvalue weighted by molar-refractivity contribution is -0.160. The van der Waals surface area contributed by atoms with Gasteiger partial charge >= 0.3 is 12.1 Å². The van der Waals surface area contributed by atoms with Crippen molar-refractivity contribution in [1.29, 1.82) is 0 Å². The number of alkyl halides is 3. The summed E-state index contributed by atoms with van der Waals surface area (Å²) in [5.41, 5.74) is 5.27. The van der Waals surface area contributed by atoms with E-state index in [1.807, 2.05) is 51.7 Å². The lowest BCUT2D eigenvalue weighted by Gasteiger charge is -2.41. The second-order valence-corrected chi connectivity index (χ2v) is 14.8. The second kappa shape index (κ2) is 12.8. The zero-order valence-corrected chi connectivity index (χ0v) is 28.3. The number of aryl methyl sites for hydroxylation is 2. The average Bonchev–Trinajstić information content (AvgIpc) is 2.95. The molecule has 1 atom stereocenters. The number of pyridine rings is 1. The van der Waals surface area contributed by atoms with E-state index >= 15 is 0 Å². The lowest BCUT2D eigenvalue weighted by Crippen LogP contribution is -2.39. The van der Waals surface area contributed by atoms with Gasteiger partial charge in [-0.2, -0.15) is 13.2 Å². The van der Waals surface area contributed by atoms with Crippen molar-refractivity contribution in [3.8, 4) is 11.1 Å². The maximum absolute atomic E-state index is 13.7. The van der Waals surface area contributed by atoms with E-state index in [4.69, 9.17) is 9.72 Å². The highest BCUT2D eigenvalue weighted by atomic mass is 19.4. The van der Waals surface area contributed by atoms with Gasteiger partial charge in [-0.3, -0.25) is 9.88 Å². The first-order valence-electron chi connectivity index (χ1n) is 16.2. The number of anilines is 1. The summed E-state index contributed by atoms with van der Waals surface area (Å²) < 4.78 is 60.9. The van der Waals surface area contributed by atoms with Gasteiger partial charge in [0.1, 0.15) is 5.82 Å². The van der Waals surface area contributed by atoms with Gasteiger partial charge in [0.25, 0.3) is 0 Å². The molecule has 1 saturated heterocycles. The summed E-state index contributed by atoms with van der Waals surface area (Å²) in [7, 11) is 0. The largest absolute Gasteiger partial charge is 0.479 e. The zero-order valence-electron chi connectivity index (χ0n) is 28.3. The standard InChI is InChI=1S/C37H45F4N3O3/c1-22-30(32(44-16-13-36(6,7)14-17-44)31(23(2)42-22)33(34(45)46)47-35(3,4)5)25-8-9-26-20-43(15-12-24(26)18-25)21-27-10-11-28(38)19-29(27)37(39,40)41/h8-11,18-19,33H,12-17,20-21H2,1-7H3,(H,45,46)/t33-/m0/s1. The number of ether oxygens (including phenoxy) is 1. The van der Waals surface area contributed by atoms with Gasteiger partial charge in [-0.15, -0.1) is 0 Å². The number of benzene rings is 2. The molecule has 6 nitrogen and oxygen atoms in total. The molecule has 0 aliphatic carbocycles. The van der Waals surface area contributed by atoms with E-state index in [1.165, 1.54) is 6.07 Å². The average molecular weight is 656 g/mol. The Hall–Kier alpha value is -3.50. The molecule has 1 aromatic heterocycles. The molecule has 5 rings (SSSR count). The molecule has 0 amide bonds. The van der Waals surface area contributed by atoms with Gasteiger partial charge in [0, 0.05) is 55.2 Å². The van der Waals surface area contributed by atoms with Crippen molar-refractivity contribution in [2.24, 2.45) is 5.41 Å². The molecular weight excluding hydrogens is 610 g/mol. The van der Waals surface area contributed by atoms with Crippen molar-refractivity contribution >= 4 is 11.7 Å². The molecule has 2 aromatic carbocycles. The number of carboxylic acid groups (broad SMARTS) is 1. The highest BCUT2D eigenvalue weighted by molar-refractivity contribution is 5.88. The van der Waals surface area contributed by atoms with Crippen molar-refractivity contribution in [3.63, 3.8) is 0 Å². The number of rotatable bonds is 7. The third-order valence-electron chi connectivity index (χ3n) is 9.33. The summed E-state index contributed by atoms with van der Waals surface area (Å²) in [6, 6.07) is 8.99. The minimum Gasteiger partial charge on any atom is -0.479 e. The molecule has 10 heteroatoms. The number of aromatic nitrogens is 1. The van der Waals surface area contributed by atoms with Gasteiger partial charge in [0.05, 0.1) is 16.9 Å². The number of aliphatic carboxylic acids is 1. The summed E-state index contributed by atoms with van der Waals surface area (Å²) in [6.07, 6.45) is -3.33. The van der Waals surface area contributed by atoms with Crippen LogP contribution in [0.2, 0.25) is 0 Å². The van der Waals surface area contributed by atoms with E-state index in [9.17, 15) is 27.5 Å². The van der Waals surface area contributed by atoms with E-state index < -0.39 is 35.2 Å². The van der Waals surface area contributed by atoms with Crippen LogP contribution in [-0.2, 0) is 35.2 Å². The minimum absolute atomic E-state index is 0.0488. The molecule has 1 fully saturated rings. The lowest BCUT2D eigenvalue weighted by atomic mass is 9.81. The fraction of sp³-hybridized carbons (Fsp3) is 0.514. The second-order valence-electron chi connectivity index (χ2n) is 14.8. The highest BCUT2D eigenvalue weighted by Crippen LogP contribution is 2.45. The van der Waals surface area contributed by atoms with Crippen molar-refractivity contribution in [2.75, 3.05) is 24.5 Å². The zero-order chi connectivity index (χ0) is 34.5. The molecule has 0 radical (unpaired) electrons. The van der Waals surface area contributed by atoms with Gasteiger partial charge < -0.3 is 14.7 Å². The van der Waals surface area contributed by atoms with Crippen LogP contribution in [0.5, 0.6) is 0 Å². The fourth-order valence-electron chi connectivity index (χ4n) is 6.85. The summed E-state index contributed by atoms with van der Waals surface area (Å²) in [5.74, 6) is -1.98. The van der Waals surface area contributed by atoms with Crippen LogP contribution < -0.4 is 4.90 Å². The Morgan fingerprint density at radius 1 is 1.00 bits per heavy atom. The van der Waals surface area contributed by atoms with Crippen LogP contribution in [-0.4, -0.2) is 46.2 Å². The molecule has 0 saturated carbocycles. The topological polar surface area (TPSA) is 65.9 Å². The number of nitrogens with zero attached hydrogens (tertiary/aromatic N) is 3. The van der Waals surface area contributed by atoms with Gasteiger partial charge in [0.15, 0.2) is 6.10 Å². The SMILES string of the molecule is Cc1nc(C)c([C@H](OC(C)(C)C)C(=O)O)c(N2CCC(C)(C)CC2)c1-c1ccc2c(c1)CCN(Cc1ccc(F)cc1C(F)(F)F)C2. The Morgan fingerprint density at radius 3 is 2.30 bits per heavy atom. The maximum Gasteiger partial charge on any atom is 0.416 e. The number of hydrogen-bond donors (Lipinski definition) is 1. The summed E-state index contributed by atoms with van der Waals surface area (Å²) >= 11 is 0. The Morgan fingerprint density at radius 2 is 1.68 bits per heavy atom. The molecule has 254 valence electrons. The Bertz CT molecular complexity index is 1650. The molecule has 3 aromatic rings. The van der Waals surface area contributed by atoms with Crippen LogP contribution >= 0.6 is 0 Å². The van der Waals surface area contributed by atoms with E-state index in [1.54, 1.807) is 0 Å². The number of piperidine rings is 1. The first-order chi connectivity index (χ1) is 21.8. The normalized spacial score (nSPS) is 17.8. The van der Waals surface area contributed by atoms with Gasteiger partial charge in [-0.05, 0) is 93.7 Å². The quantitative estimate of drug-likeness (QED) is 0.257.